The molecule has 1 aliphatic carbocycles. The van der Waals surface area contributed by atoms with Crippen LogP contribution in [-0.2, 0) is 4.79 Å². The lowest BCUT2D eigenvalue weighted by atomic mass is 9.94. The lowest BCUT2D eigenvalue weighted by Gasteiger charge is -2.31. The average Bonchev–Trinajstić information content (AvgIpc) is 2.66. The Morgan fingerprint density at radius 3 is 2.76 bits per heavy atom. The number of benzene rings is 1. The zero-order valence-corrected chi connectivity index (χ0v) is 15.9. The van der Waals surface area contributed by atoms with E-state index in [1.54, 1.807) is 0 Å². The van der Waals surface area contributed by atoms with Crippen molar-refractivity contribution in [3.8, 4) is 5.75 Å². The highest BCUT2D eigenvalue weighted by Crippen LogP contribution is 2.22. The van der Waals surface area contributed by atoms with Crippen LogP contribution in [0.3, 0.4) is 0 Å². The van der Waals surface area contributed by atoms with Gasteiger partial charge in [0.25, 0.3) is 0 Å². The summed E-state index contributed by atoms with van der Waals surface area (Å²) in [4.78, 5) is 14.3. The van der Waals surface area contributed by atoms with Crippen molar-refractivity contribution in [3.63, 3.8) is 0 Å². The first-order valence-corrected chi connectivity index (χ1v) is 9.93. The molecule has 4 heteroatoms. The summed E-state index contributed by atoms with van der Waals surface area (Å²) in [5, 5.41) is 3.24. The second-order valence-electron chi connectivity index (χ2n) is 7.09. The molecule has 0 heterocycles. The van der Waals surface area contributed by atoms with E-state index in [1.807, 2.05) is 36.2 Å². The summed E-state index contributed by atoms with van der Waals surface area (Å²) in [6.07, 6.45) is 10.9. The minimum absolute atomic E-state index is 0.165. The molecular formula is C21H34N2O2. The van der Waals surface area contributed by atoms with Gasteiger partial charge in [-0.2, -0.15) is 0 Å². The standard InChI is InChI=1S/C21H34N2O2/c1-3-4-5-9-15-25-20-14-10-11-18(16-20)22-17-21(24)23(2)19-12-7-6-8-13-19/h10-11,14,16,19,22H,3-9,12-13,15,17H2,1-2H3. The summed E-state index contributed by atoms with van der Waals surface area (Å²) in [6, 6.07) is 8.33. The number of carbonyl (C=O) groups excluding carboxylic acids is 1. The normalized spacial score (nSPS) is 15.0. The van der Waals surface area contributed by atoms with Gasteiger partial charge in [-0.1, -0.05) is 51.5 Å². The van der Waals surface area contributed by atoms with E-state index < -0.39 is 0 Å². The molecule has 0 radical (unpaired) electrons. The Bertz CT molecular complexity index is 512. The van der Waals surface area contributed by atoms with Crippen molar-refractivity contribution < 1.29 is 9.53 Å². The fraction of sp³-hybridized carbons (Fsp3) is 0.667. The van der Waals surface area contributed by atoms with E-state index in [4.69, 9.17) is 4.74 Å². The molecule has 1 saturated carbocycles. The Labute approximate surface area is 152 Å². The SMILES string of the molecule is CCCCCCOc1cccc(NCC(=O)N(C)C2CCCCC2)c1. The van der Waals surface area contributed by atoms with Crippen molar-refractivity contribution in [2.45, 2.75) is 70.8 Å². The molecule has 1 aromatic carbocycles. The van der Waals surface area contributed by atoms with Crippen LogP contribution in [0.2, 0.25) is 0 Å². The lowest BCUT2D eigenvalue weighted by molar-refractivity contribution is -0.130. The highest BCUT2D eigenvalue weighted by atomic mass is 16.5. The van der Waals surface area contributed by atoms with Crippen molar-refractivity contribution in [1.82, 2.24) is 4.90 Å². The topological polar surface area (TPSA) is 41.6 Å². The summed E-state index contributed by atoms with van der Waals surface area (Å²) >= 11 is 0. The predicted molar refractivity (Wildman–Crippen MR) is 104 cm³/mol. The molecule has 1 aliphatic rings. The van der Waals surface area contributed by atoms with Crippen LogP contribution in [-0.4, -0.2) is 37.0 Å². The molecule has 0 bridgehead atoms. The molecule has 140 valence electrons. The summed E-state index contributed by atoms with van der Waals surface area (Å²) in [7, 11) is 1.94. The van der Waals surface area contributed by atoms with E-state index in [9.17, 15) is 4.79 Å². The van der Waals surface area contributed by atoms with E-state index in [1.165, 1.54) is 38.5 Å². The van der Waals surface area contributed by atoms with E-state index in [0.717, 1.165) is 37.3 Å². The minimum Gasteiger partial charge on any atom is -0.494 e. The maximum Gasteiger partial charge on any atom is 0.241 e. The van der Waals surface area contributed by atoms with E-state index in [2.05, 4.69) is 12.2 Å². The zero-order chi connectivity index (χ0) is 17.9. The zero-order valence-electron chi connectivity index (χ0n) is 15.9. The van der Waals surface area contributed by atoms with E-state index in [0.29, 0.717) is 12.6 Å². The number of unbranched alkanes of at least 4 members (excludes halogenated alkanes) is 3. The number of likely N-dealkylation sites (N-methyl/N-ethyl adjacent to an activating group) is 1. The van der Waals surface area contributed by atoms with E-state index >= 15 is 0 Å². The predicted octanol–water partition coefficient (Wildman–Crippen LogP) is 4.85. The number of hydrogen-bond acceptors (Lipinski definition) is 3. The second kappa shape index (κ2) is 11.0. The Hall–Kier alpha value is -1.71. The van der Waals surface area contributed by atoms with Crippen LogP contribution >= 0.6 is 0 Å². The Kier molecular flexibility index (Phi) is 8.64. The number of nitrogens with zero attached hydrogens (tertiary/aromatic N) is 1. The van der Waals surface area contributed by atoms with Crippen LogP contribution in [0.5, 0.6) is 5.75 Å². The fourth-order valence-electron chi connectivity index (χ4n) is 3.39. The Balaban J connectivity index is 1.74. The van der Waals surface area contributed by atoms with Gasteiger partial charge in [0.2, 0.25) is 5.91 Å². The van der Waals surface area contributed by atoms with E-state index in [-0.39, 0.29) is 5.91 Å². The molecule has 25 heavy (non-hydrogen) atoms. The highest BCUT2D eigenvalue weighted by Gasteiger charge is 2.21. The minimum atomic E-state index is 0.165. The van der Waals surface area contributed by atoms with Crippen LogP contribution in [0.1, 0.15) is 64.7 Å². The van der Waals surface area contributed by atoms with Crippen LogP contribution < -0.4 is 10.1 Å². The first-order chi connectivity index (χ1) is 12.2. The third-order valence-electron chi connectivity index (χ3n) is 5.06. The molecule has 0 aliphatic heterocycles. The van der Waals surface area contributed by atoms with Gasteiger partial charge < -0.3 is 15.0 Å². The number of nitrogens with one attached hydrogen (secondary N) is 1. The lowest BCUT2D eigenvalue weighted by Crippen LogP contribution is -2.41. The fourth-order valence-corrected chi connectivity index (χ4v) is 3.39. The Morgan fingerprint density at radius 2 is 2.00 bits per heavy atom. The molecule has 1 N–H and O–H groups in total. The number of ether oxygens (including phenoxy) is 1. The third-order valence-corrected chi connectivity index (χ3v) is 5.06. The van der Waals surface area contributed by atoms with Gasteiger partial charge in [0, 0.05) is 24.8 Å². The molecular weight excluding hydrogens is 312 g/mol. The average molecular weight is 347 g/mol. The van der Waals surface area contributed by atoms with Crippen molar-refractivity contribution in [2.24, 2.45) is 0 Å². The molecule has 0 saturated heterocycles. The van der Waals surface area contributed by atoms with Gasteiger partial charge in [-0.3, -0.25) is 4.79 Å². The van der Waals surface area contributed by atoms with Crippen LogP contribution in [0.4, 0.5) is 5.69 Å². The molecule has 0 unspecified atom stereocenters. The summed E-state index contributed by atoms with van der Waals surface area (Å²) < 4.78 is 5.81. The van der Waals surface area contributed by atoms with Gasteiger partial charge >= 0.3 is 0 Å². The maximum atomic E-state index is 12.4. The smallest absolute Gasteiger partial charge is 0.241 e. The first kappa shape index (κ1) is 19.6. The van der Waals surface area contributed by atoms with Crippen molar-refractivity contribution in [2.75, 3.05) is 25.5 Å². The van der Waals surface area contributed by atoms with Gasteiger partial charge in [-0.15, -0.1) is 0 Å². The Morgan fingerprint density at radius 1 is 1.20 bits per heavy atom. The molecule has 4 nitrogen and oxygen atoms in total. The quantitative estimate of drug-likeness (QED) is 0.616. The summed E-state index contributed by atoms with van der Waals surface area (Å²) in [5.41, 5.74) is 0.941. The molecule has 1 amide bonds. The number of carbonyl (C=O) groups is 1. The molecule has 1 fully saturated rings. The molecule has 0 aromatic heterocycles. The number of hydrogen-bond donors (Lipinski definition) is 1. The van der Waals surface area contributed by atoms with Crippen LogP contribution in [0.15, 0.2) is 24.3 Å². The molecule has 0 atom stereocenters. The van der Waals surface area contributed by atoms with Crippen molar-refractivity contribution in [1.29, 1.82) is 0 Å². The highest BCUT2D eigenvalue weighted by molar-refractivity contribution is 5.81. The summed E-state index contributed by atoms with van der Waals surface area (Å²) in [6.45, 7) is 3.31. The second-order valence-corrected chi connectivity index (χ2v) is 7.09. The van der Waals surface area contributed by atoms with Gasteiger partial charge in [0.1, 0.15) is 5.75 Å². The third kappa shape index (κ3) is 6.97. The molecule has 2 rings (SSSR count). The number of rotatable bonds is 10. The van der Waals surface area contributed by atoms with Gasteiger partial charge in [-0.25, -0.2) is 0 Å². The summed E-state index contributed by atoms with van der Waals surface area (Å²) in [5.74, 6) is 1.03. The van der Waals surface area contributed by atoms with Gasteiger partial charge in [0.05, 0.1) is 13.2 Å². The van der Waals surface area contributed by atoms with Crippen molar-refractivity contribution in [3.05, 3.63) is 24.3 Å². The largest absolute Gasteiger partial charge is 0.494 e. The monoisotopic (exact) mass is 346 g/mol. The van der Waals surface area contributed by atoms with Crippen molar-refractivity contribution >= 4 is 11.6 Å². The van der Waals surface area contributed by atoms with Crippen LogP contribution in [0, 0.1) is 0 Å². The first-order valence-electron chi connectivity index (χ1n) is 9.93. The number of amides is 1. The number of anilines is 1. The van der Waals surface area contributed by atoms with Gasteiger partial charge in [0.15, 0.2) is 0 Å². The molecule has 1 aromatic rings. The van der Waals surface area contributed by atoms with Gasteiger partial charge in [-0.05, 0) is 31.4 Å². The molecule has 0 spiro atoms. The maximum absolute atomic E-state index is 12.4. The van der Waals surface area contributed by atoms with Crippen LogP contribution in [0.25, 0.3) is 0 Å².